The monoisotopic (exact) mass is 270 g/mol. The summed E-state index contributed by atoms with van der Waals surface area (Å²) >= 11 is 0. The van der Waals surface area contributed by atoms with Crippen molar-refractivity contribution in [1.29, 1.82) is 0 Å². The van der Waals surface area contributed by atoms with E-state index in [0.29, 0.717) is 0 Å². The Balaban J connectivity index is 0.00000256. The second-order valence-corrected chi connectivity index (χ2v) is 4.97. The zero-order valence-electron chi connectivity index (χ0n) is 9.90. The van der Waals surface area contributed by atoms with Gasteiger partial charge < -0.3 is 10.2 Å². The Bertz CT molecular complexity index is 268. The molecule has 0 radical (unpaired) electrons. The van der Waals surface area contributed by atoms with Gasteiger partial charge in [-0.1, -0.05) is 33.1 Å². The summed E-state index contributed by atoms with van der Waals surface area (Å²) < 4.78 is 0. The van der Waals surface area contributed by atoms with Crippen LogP contribution in [-0.2, 0) is 9.59 Å². The van der Waals surface area contributed by atoms with Crippen molar-refractivity contribution in [2.45, 2.75) is 46.0 Å². The van der Waals surface area contributed by atoms with Crippen LogP contribution < -0.4 is 0 Å². The minimum absolute atomic E-state index is 0. The van der Waals surface area contributed by atoms with Gasteiger partial charge in [0.2, 0.25) is 0 Å². The Morgan fingerprint density at radius 3 is 1.76 bits per heavy atom. The summed E-state index contributed by atoms with van der Waals surface area (Å²) in [6, 6.07) is 0. The van der Waals surface area contributed by atoms with Crippen molar-refractivity contribution in [2.75, 3.05) is 0 Å². The molecule has 17 heavy (non-hydrogen) atoms. The fraction of sp³-hybridized carbons (Fsp3) is 0.833. The standard InChI is InChI=1S/C12H20O4.Ca.2H/c1-8(2)12(10(13)14,11(15)16)9-6-4-3-5-7-9;;;/h8-9H,3-7H2,1-2H3,(H,13,14)(H,15,16);;;. The van der Waals surface area contributed by atoms with E-state index in [0.717, 1.165) is 32.1 Å². The Morgan fingerprint density at radius 1 is 1.06 bits per heavy atom. The Hall–Kier alpha value is 0.200. The van der Waals surface area contributed by atoms with Crippen LogP contribution in [0.5, 0.6) is 0 Å². The van der Waals surface area contributed by atoms with Crippen LogP contribution in [-0.4, -0.2) is 59.9 Å². The summed E-state index contributed by atoms with van der Waals surface area (Å²) in [4.78, 5) is 22.8. The number of carboxylic acid groups (broad SMARTS) is 2. The molecule has 0 aromatic heterocycles. The molecule has 1 saturated carbocycles. The third-order valence-corrected chi connectivity index (χ3v) is 3.87. The summed E-state index contributed by atoms with van der Waals surface area (Å²) in [5.74, 6) is -2.97. The Morgan fingerprint density at radius 2 is 1.47 bits per heavy atom. The molecule has 2 N–H and O–H groups in total. The van der Waals surface area contributed by atoms with Gasteiger partial charge in [-0.25, -0.2) is 0 Å². The van der Waals surface area contributed by atoms with E-state index < -0.39 is 17.4 Å². The van der Waals surface area contributed by atoms with Gasteiger partial charge in [0.25, 0.3) is 0 Å². The van der Waals surface area contributed by atoms with E-state index in [9.17, 15) is 19.8 Å². The van der Waals surface area contributed by atoms with Crippen LogP contribution in [0, 0.1) is 17.3 Å². The molecular formula is C12H22CaO4. The van der Waals surface area contributed by atoms with E-state index in [1.807, 2.05) is 0 Å². The van der Waals surface area contributed by atoms with Crippen molar-refractivity contribution < 1.29 is 19.8 Å². The number of hydrogen-bond donors (Lipinski definition) is 2. The van der Waals surface area contributed by atoms with Gasteiger partial charge in [0.15, 0.2) is 5.41 Å². The molecule has 5 heteroatoms. The molecule has 0 aromatic carbocycles. The molecule has 0 spiro atoms. The van der Waals surface area contributed by atoms with Crippen molar-refractivity contribution >= 4 is 49.7 Å². The van der Waals surface area contributed by atoms with Crippen LogP contribution in [0.15, 0.2) is 0 Å². The average molecular weight is 270 g/mol. The van der Waals surface area contributed by atoms with Gasteiger partial charge >= 0.3 is 49.7 Å². The van der Waals surface area contributed by atoms with Gasteiger partial charge in [-0.15, -0.1) is 0 Å². The van der Waals surface area contributed by atoms with Crippen LogP contribution in [0.2, 0.25) is 0 Å². The van der Waals surface area contributed by atoms with E-state index in [1.165, 1.54) is 0 Å². The topological polar surface area (TPSA) is 74.6 Å². The molecule has 0 aliphatic heterocycles. The zero-order valence-corrected chi connectivity index (χ0v) is 9.90. The van der Waals surface area contributed by atoms with Crippen molar-refractivity contribution in [3.05, 3.63) is 0 Å². The fourth-order valence-electron chi connectivity index (χ4n) is 2.96. The molecule has 0 amide bonds. The van der Waals surface area contributed by atoms with Gasteiger partial charge in [-0.05, 0) is 24.7 Å². The molecular weight excluding hydrogens is 248 g/mol. The van der Waals surface area contributed by atoms with Crippen molar-refractivity contribution in [3.8, 4) is 0 Å². The van der Waals surface area contributed by atoms with Crippen LogP contribution >= 0.6 is 0 Å². The molecule has 4 nitrogen and oxygen atoms in total. The first-order chi connectivity index (χ1) is 7.44. The molecule has 0 unspecified atom stereocenters. The van der Waals surface area contributed by atoms with E-state index >= 15 is 0 Å². The predicted octanol–water partition coefficient (Wildman–Crippen LogP) is 1.46. The average Bonchev–Trinajstić information content (AvgIpc) is 2.18. The number of hydrogen-bond acceptors (Lipinski definition) is 2. The number of carboxylic acids is 2. The summed E-state index contributed by atoms with van der Waals surface area (Å²) in [6.45, 7) is 3.38. The Kier molecular flexibility index (Phi) is 7.04. The molecule has 1 aliphatic rings. The SMILES string of the molecule is CC(C)C(C(=O)O)(C(=O)O)C1CCCCC1.[CaH2]. The van der Waals surface area contributed by atoms with Crippen LogP contribution in [0.3, 0.4) is 0 Å². The van der Waals surface area contributed by atoms with Crippen LogP contribution in [0.4, 0.5) is 0 Å². The molecule has 0 bridgehead atoms. The minimum atomic E-state index is -1.60. The predicted molar refractivity (Wildman–Crippen MR) is 67.7 cm³/mol. The molecule has 0 saturated heterocycles. The summed E-state index contributed by atoms with van der Waals surface area (Å²) in [6.07, 6.45) is 4.41. The van der Waals surface area contributed by atoms with Gasteiger partial charge in [0, 0.05) is 0 Å². The van der Waals surface area contributed by atoms with Crippen molar-refractivity contribution in [2.24, 2.45) is 17.3 Å². The summed E-state index contributed by atoms with van der Waals surface area (Å²) in [5.41, 5.74) is -1.60. The molecule has 0 heterocycles. The van der Waals surface area contributed by atoms with Gasteiger partial charge in [-0.3, -0.25) is 9.59 Å². The maximum absolute atomic E-state index is 11.4. The third kappa shape index (κ3) is 3.15. The summed E-state index contributed by atoms with van der Waals surface area (Å²) in [5, 5.41) is 18.7. The van der Waals surface area contributed by atoms with Crippen LogP contribution in [0.1, 0.15) is 46.0 Å². The van der Waals surface area contributed by atoms with Crippen molar-refractivity contribution in [1.82, 2.24) is 0 Å². The summed E-state index contributed by atoms with van der Waals surface area (Å²) in [7, 11) is 0. The molecule has 96 valence electrons. The quantitative estimate of drug-likeness (QED) is 0.599. The first kappa shape index (κ1) is 17.2. The van der Waals surface area contributed by atoms with Gasteiger partial charge in [0.1, 0.15) is 0 Å². The Labute approximate surface area is 132 Å². The van der Waals surface area contributed by atoms with E-state index in [4.69, 9.17) is 0 Å². The molecule has 1 rings (SSSR count). The molecule has 0 aromatic rings. The molecule has 1 fully saturated rings. The van der Waals surface area contributed by atoms with Crippen molar-refractivity contribution in [3.63, 3.8) is 0 Å². The maximum atomic E-state index is 11.4. The first-order valence-electron chi connectivity index (χ1n) is 5.90. The number of rotatable bonds is 4. The number of carbonyl (C=O) groups is 2. The molecule has 1 aliphatic carbocycles. The normalized spacial score (nSPS) is 17.6. The van der Waals surface area contributed by atoms with Crippen LogP contribution in [0.25, 0.3) is 0 Å². The second kappa shape index (κ2) is 6.95. The van der Waals surface area contributed by atoms with E-state index in [1.54, 1.807) is 13.8 Å². The van der Waals surface area contributed by atoms with E-state index in [2.05, 4.69) is 0 Å². The van der Waals surface area contributed by atoms with E-state index in [-0.39, 0.29) is 49.6 Å². The first-order valence-corrected chi connectivity index (χ1v) is 5.90. The van der Waals surface area contributed by atoms with Gasteiger partial charge in [0.05, 0.1) is 0 Å². The zero-order chi connectivity index (χ0) is 12.3. The third-order valence-electron chi connectivity index (χ3n) is 3.87. The second-order valence-electron chi connectivity index (χ2n) is 4.97. The molecule has 0 atom stereocenters. The van der Waals surface area contributed by atoms with Gasteiger partial charge in [-0.2, -0.15) is 0 Å². The fourth-order valence-corrected chi connectivity index (χ4v) is 2.96. The number of aliphatic carboxylic acids is 2.